The van der Waals surface area contributed by atoms with Gasteiger partial charge in [0.2, 0.25) is 6.75 Å². The first kappa shape index (κ1) is 7.95. The quantitative estimate of drug-likeness (QED) is 0.510. The molecule has 0 N–H and O–H groups in total. The number of hydrogen-bond donors (Lipinski definition) is 0. The summed E-state index contributed by atoms with van der Waals surface area (Å²) in [5, 5.41) is 0. The number of benzene rings is 3. The molecule has 2 heterocycles. The van der Waals surface area contributed by atoms with Crippen LogP contribution in [0.2, 0.25) is 0 Å². The molecule has 3 aromatic rings. The maximum absolute atomic E-state index is 8.92. The van der Waals surface area contributed by atoms with E-state index in [1.54, 1.807) is 0 Å². The molecule has 160 valence electrons. The third-order valence-corrected chi connectivity index (χ3v) is 4.64. The molecule has 0 radical (unpaired) electrons. The summed E-state index contributed by atoms with van der Waals surface area (Å²) in [7, 11) is 0. The molecule has 1 atom stereocenters. The number of piperidine rings is 1. The Morgan fingerprint density at radius 2 is 1.71 bits per heavy atom. The summed E-state index contributed by atoms with van der Waals surface area (Å²) in [6.07, 6.45) is -6.00. The van der Waals surface area contributed by atoms with E-state index in [0.717, 1.165) is 4.90 Å². The van der Waals surface area contributed by atoms with E-state index in [9.17, 15) is 0 Å². The van der Waals surface area contributed by atoms with Gasteiger partial charge in [-0.15, -0.1) is 0 Å². The van der Waals surface area contributed by atoms with Crippen molar-refractivity contribution in [3.63, 3.8) is 0 Å². The lowest BCUT2D eigenvalue weighted by molar-refractivity contribution is -0.0330. The van der Waals surface area contributed by atoms with Gasteiger partial charge in [-0.25, -0.2) is 0 Å². The Hall–Kier alpha value is -2.82. The fourth-order valence-electron chi connectivity index (χ4n) is 3.23. The minimum atomic E-state index is -3.23. The maximum Gasteiger partial charge on any atom is 0.231 e. The van der Waals surface area contributed by atoms with E-state index >= 15 is 0 Å². The molecule has 2 aliphatic rings. The number of nitrogens with zero attached hydrogens (tertiary/aromatic N) is 1. The summed E-state index contributed by atoms with van der Waals surface area (Å²) in [6, 6.07) is -10.3. The lowest BCUT2D eigenvalue weighted by atomic mass is 10.00. The molecular weight excluding hydrogens is 386 g/mol. The first-order valence-corrected chi connectivity index (χ1v) is 9.54. The van der Waals surface area contributed by atoms with Crippen LogP contribution in [0.3, 0.4) is 0 Å². The largest absolute Gasteiger partial charge is 0.454 e. The molecular formula is C27H29NO3. The Morgan fingerprint density at radius 3 is 2.45 bits per heavy atom. The molecule has 0 spiro atoms. The highest BCUT2D eigenvalue weighted by Gasteiger charge is 2.25. The summed E-state index contributed by atoms with van der Waals surface area (Å²) in [6.45, 7) is -6.45. The van der Waals surface area contributed by atoms with Gasteiger partial charge in [0.05, 0.1) is 23.9 Å². The van der Waals surface area contributed by atoms with Gasteiger partial charge in [-0.05, 0) is 54.5 Å². The van der Waals surface area contributed by atoms with E-state index in [-0.39, 0.29) is 19.4 Å². The lowest BCUT2D eigenvalue weighted by Gasteiger charge is -2.35. The minimum absolute atomic E-state index is 0.109. The molecule has 31 heavy (non-hydrogen) atoms. The summed E-state index contributed by atoms with van der Waals surface area (Å²) in [5.41, 5.74) is -1.98. The first-order chi connectivity index (χ1) is 23.0. The van der Waals surface area contributed by atoms with E-state index in [2.05, 4.69) is 0 Å². The summed E-state index contributed by atoms with van der Waals surface area (Å²) in [5.74, 6) is -1.28. The standard InChI is InChI=1S/C27H29NO3/c1-3-8-22(9-4-1)27(23-10-5-2-6-11-23)31-24-12-7-16-28(19-24)17-15-21-13-14-25-26(18-21)30-20-29-25/h1-6,8-11,13-14,18,24,27H,7,12,15-17,19-20H2/t24-/m1/s1/i1D,2D,3D,4D,5D,6D,8D,9D,10D,11D,13D,14D,15D2,17D2,18D,20D2. The van der Waals surface area contributed by atoms with Gasteiger partial charge >= 0.3 is 0 Å². The second-order valence-electron chi connectivity index (χ2n) is 6.74. The molecule has 0 saturated carbocycles. The van der Waals surface area contributed by atoms with Crippen LogP contribution in [0.5, 0.6) is 11.5 Å². The van der Waals surface area contributed by atoms with E-state index in [1.807, 2.05) is 0 Å². The SMILES string of the molecule is [2H]c1c([2H])c([2H])c(C(O[C@@H]2CCCN(C([2H])([2H])C([2H])([2H])c3c([2H])c([2H])c4c(c3[2H])OC([2H])([2H])O4)C2)c2c([2H])c([2H])c([2H])c([2H])c2[2H])c([2H])c1[2H]. The van der Waals surface area contributed by atoms with E-state index in [4.69, 9.17) is 40.3 Å². The number of ether oxygens (including phenoxy) is 3. The van der Waals surface area contributed by atoms with Crippen LogP contribution in [-0.4, -0.2) is 37.3 Å². The van der Waals surface area contributed by atoms with Crippen LogP contribution in [0.4, 0.5) is 0 Å². The molecule has 1 saturated heterocycles. The molecule has 0 amide bonds. The Morgan fingerprint density at radius 1 is 1.00 bits per heavy atom. The van der Waals surface area contributed by atoms with Crippen molar-refractivity contribution in [3.8, 4) is 11.5 Å². The second-order valence-corrected chi connectivity index (χ2v) is 6.74. The lowest BCUT2D eigenvalue weighted by Crippen LogP contribution is -2.41. The van der Waals surface area contributed by atoms with Crippen molar-refractivity contribution >= 4 is 0 Å². The van der Waals surface area contributed by atoms with E-state index < -0.39 is 145 Å². The van der Waals surface area contributed by atoms with Crippen molar-refractivity contribution in [2.45, 2.75) is 31.4 Å². The Kier molecular flexibility index (Phi) is 2.45. The molecule has 0 bridgehead atoms. The monoisotopic (exact) mass is 434 g/mol. The van der Waals surface area contributed by atoms with E-state index in [0.29, 0.717) is 0 Å². The fourth-order valence-corrected chi connectivity index (χ4v) is 3.23. The molecule has 3 aromatic carbocycles. The highest BCUT2D eigenvalue weighted by Crippen LogP contribution is 2.33. The molecule has 4 nitrogen and oxygen atoms in total. The zero-order valence-electron chi connectivity index (χ0n) is 35.2. The van der Waals surface area contributed by atoms with Crippen LogP contribution in [0.15, 0.2) is 78.6 Å². The second kappa shape index (κ2) is 9.54. The number of likely N-dealkylation sites (tertiary alicyclic amines) is 1. The third kappa shape index (κ3) is 4.92. The molecule has 4 heteroatoms. The first-order valence-electron chi connectivity index (χ1n) is 19.0. The predicted molar refractivity (Wildman–Crippen MR) is 122 cm³/mol. The van der Waals surface area contributed by atoms with Crippen LogP contribution in [-0.2, 0) is 11.1 Å². The highest BCUT2D eigenvalue weighted by molar-refractivity contribution is 5.44. The molecule has 0 aromatic heterocycles. The highest BCUT2D eigenvalue weighted by atomic mass is 16.7. The molecule has 5 rings (SSSR count). The van der Waals surface area contributed by atoms with Crippen molar-refractivity contribution in [3.05, 3.63) is 95.2 Å². The van der Waals surface area contributed by atoms with Crippen LogP contribution in [0, 0.1) is 0 Å². The predicted octanol–water partition coefficient (Wildman–Crippen LogP) is 5.23. The molecule has 2 aliphatic heterocycles. The van der Waals surface area contributed by atoms with Gasteiger partial charge in [-0.2, -0.15) is 0 Å². The average molecular weight is 435 g/mol. The molecule has 0 unspecified atom stereocenters. The normalized spacial score (nSPS) is 29.7. The van der Waals surface area contributed by atoms with Crippen LogP contribution in [0.1, 0.15) is 61.7 Å². The van der Waals surface area contributed by atoms with E-state index in [1.165, 1.54) is 0 Å². The van der Waals surface area contributed by atoms with Crippen molar-refractivity contribution < 1.29 is 40.3 Å². The summed E-state index contributed by atoms with van der Waals surface area (Å²) in [4.78, 5) is 0.981. The third-order valence-electron chi connectivity index (χ3n) is 4.64. The van der Waals surface area contributed by atoms with Crippen molar-refractivity contribution in [1.29, 1.82) is 0 Å². The van der Waals surface area contributed by atoms with Gasteiger partial charge in [-0.3, -0.25) is 0 Å². The van der Waals surface area contributed by atoms with Crippen molar-refractivity contribution in [2.75, 3.05) is 26.3 Å². The van der Waals surface area contributed by atoms with Crippen molar-refractivity contribution in [2.24, 2.45) is 0 Å². The zero-order chi connectivity index (χ0) is 37.6. The zero-order valence-corrected chi connectivity index (χ0v) is 16.2. The topological polar surface area (TPSA) is 30.9 Å². The van der Waals surface area contributed by atoms with Gasteiger partial charge < -0.3 is 19.1 Å². The number of fused-ring (bicyclic) bond motifs is 1. The molecule has 0 aliphatic carbocycles. The number of hydrogen-bond acceptors (Lipinski definition) is 4. The van der Waals surface area contributed by atoms with Gasteiger partial charge in [0.1, 0.15) is 8.85 Å². The minimum Gasteiger partial charge on any atom is -0.454 e. The van der Waals surface area contributed by atoms with Gasteiger partial charge in [0.25, 0.3) is 0 Å². The average Bonchev–Trinajstić information content (AvgIpc) is 3.39. The Balaban J connectivity index is 1.58. The van der Waals surface area contributed by atoms with Crippen LogP contribution in [0.25, 0.3) is 0 Å². The molecule has 1 fully saturated rings. The maximum atomic E-state index is 8.92. The van der Waals surface area contributed by atoms with Gasteiger partial charge in [0, 0.05) is 18.5 Å². The Labute approximate surface area is 211 Å². The van der Waals surface area contributed by atoms with Gasteiger partial charge in [-0.1, -0.05) is 66.5 Å². The van der Waals surface area contributed by atoms with Crippen LogP contribution < -0.4 is 9.47 Å². The Bertz CT molecular complexity index is 1770. The summed E-state index contributed by atoms with van der Waals surface area (Å²) >= 11 is 0. The van der Waals surface area contributed by atoms with Crippen molar-refractivity contribution in [1.82, 2.24) is 4.90 Å². The fraction of sp³-hybridized carbons (Fsp3) is 0.333. The smallest absolute Gasteiger partial charge is 0.231 e. The number of rotatable bonds is 7. The summed E-state index contributed by atoms with van der Waals surface area (Å²) < 4.78 is 175. The van der Waals surface area contributed by atoms with Gasteiger partial charge in [0.15, 0.2) is 11.5 Å². The van der Waals surface area contributed by atoms with Crippen LogP contribution >= 0.6 is 0 Å².